The fraction of sp³-hybridized carbons (Fsp3) is 0.760. The Labute approximate surface area is 192 Å². The number of ether oxygens (including phenoxy) is 3. The smallest absolute Gasteiger partial charge is 0.377 e. The monoisotopic (exact) mass is 470 g/mol. The van der Waals surface area contributed by atoms with Crippen LogP contribution >= 0.6 is 0 Å². The van der Waals surface area contributed by atoms with E-state index in [4.69, 9.17) is 24.0 Å². The summed E-state index contributed by atoms with van der Waals surface area (Å²) in [4.78, 5) is 12.0. The molecule has 0 unspecified atom stereocenters. The van der Waals surface area contributed by atoms with E-state index in [1.54, 1.807) is 0 Å². The van der Waals surface area contributed by atoms with E-state index in [1.165, 1.54) is 12.1 Å². The lowest BCUT2D eigenvalue weighted by Crippen LogP contribution is -2.70. The zero-order valence-corrected chi connectivity index (χ0v) is 19.4. The lowest BCUT2D eigenvalue weighted by molar-refractivity contribution is -0.571. The number of alkyl halides is 3. The third-order valence-electron chi connectivity index (χ3n) is 8.39. The number of rotatable bonds is 5. The Morgan fingerprint density at radius 1 is 1.03 bits per heavy atom. The Balaban J connectivity index is 1.22. The molecule has 0 N–H and O–H groups in total. The van der Waals surface area contributed by atoms with Crippen molar-refractivity contribution in [2.45, 2.75) is 89.4 Å². The Bertz CT molecular complexity index is 845. The number of halogens is 3. The largest absolute Gasteiger partial charge is 0.416 e. The van der Waals surface area contributed by atoms with Crippen LogP contribution in [0, 0.1) is 23.7 Å². The Morgan fingerprint density at radius 2 is 1.79 bits per heavy atom. The van der Waals surface area contributed by atoms with Gasteiger partial charge >= 0.3 is 6.18 Å². The number of fused-ring (bicyclic) bond motifs is 2. The van der Waals surface area contributed by atoms with Gasteiger partial charge in [0, 0.05) is 18.9 Å². The van der Waals surface area contributed by atoms with Crippen molar-refractivity contribution in [3.63, 3.8) is 0 Å². The molecule has 8 heteroatoms. The molecule has 2 bridgehead atoms. The van der Waals surface area contributed by atoms with Gasteiger partial charge in [-0.05, 0) is 68.1 Å². The second-order valence-electron chi connectivity index (χ2n) is 10.5. The van der Waals surface area contributed by atoms with E-state index in [1.807, 2.05) is 6.92 Å². The van der Waals surface area contributed by atoms with Crippen LogP contribution in [0.4, 0.5) is 13.2 Å². The SMILES string of the molecule is C[C@H]1[C@@H](CCOCc2ccc(C(F)(F)F)cc2)O[C@@H]2O[C@]3(C)CC[C@H]4[C@H](C)CC[C@@H]1[C@@]24OO3. The fourth-order valence-electron chi connectivity index (χ4n) is 6.49. The number of hydrogen-bond acceptors (Lipinski definition) is 5. The molecule has 5 nitrogen and oxygen atoms in total. The maximum atomic E-state index is 12.7. The van der Waals surface area contributed by atoms with Gasteiger partial charge in [-0.3, -0.25) is 0 Å². The molecule has 0 amide bonds. The van der Waals surface area contributed by atoms with Crippen molar-refractivity contribution in [1.29, 1.82) is 0 Å². The minimum Gasteiger partial charge on any atom is -0.377 e. The standard InChI is InChI=1S/C25H33F3O5/c1-15-4-9-20-16(2)21(11-13-29-14-17-5-7-18(8-6-17)25(26,27)28)30-22-24(20)19(15)10-12-23(3,31-22)32-33-24/h5-8,15-16,19-22H,4,9-14H2,1-3H3/t15-,16-,19+,20+,21-,22-,23+,24-/m1/s1. The molecule has 1 aromatic carbocycles. The first-order valence-corrected chi connectivity index (χ1v) is 12.1. The summed E-state index contributed by atoms with van der Waals surface area (Å²) in [7, 11) is 0. The molecule has 4 saturated heterocycles. The molecule has 33 heavy (non-hydrogen) atoms. The highest BCUT2D eigenvalue weighted by Gasteiger charge is 2.69. The van der Waals surface area contributed by atoms with E-state index < -0.39 is 29.4 Å². The third kappa shape index (κ3) is 4.12. The predicted octanol–water partition coefficient (Wildman–Crippen LogP) is 5.86. The van der Waals surface area contributed by atoms with Crippen molar-refractivity contribution in [2.24, 2.45) is 23.7 Å². The van der Waals surface area contributed by atoms with Gasteiger partial charge in [0.05, 0.1) is 18.3 Å². The maximum Gasteiger partial charge on any atom is 0.416 e. The molecule has 5 fully saturated rings. The second-order valence-corrected chi connectivity index (χ2v) is 10.5. The Hall–Kier alpha value is -1.19. The van der Waals surface area contributed by atoms with Crippen LogP contribution in [0.15, 0.2) is 24.3 Å². The van der Waals surface area contributed by atoms with E-state index in [0.717, 1.165) is 37.8 Å². The molecule has 1 aromatic rings. The molecule has 4 heterocycles. The molecule has 8 atom stereocenters. The topological polar surface area (TPSA) is 46.2 Å². The lowest BCUT2D eigenvalue weighted by atomic mass is 9.57. The molecule has 6 rings (SSSR count). The summed E-state index contributed by atoms with van der Waals surface area (Å²) < 4.78 is 56.9. The van der Waals surface area contributed by atoms with Gasteiger partial charge in [0.1, 0.15) is 0 Å². The zero-order valence-electron chi connectivity index (χ0n) is 19.4. The van der Waals surface area contributed by atoms with Crippen LogP contribution in [0.1, 0.15) is 64.0 Å². The van der Waals surface area contributed by atoms with E-state index >= 15 is 0 Å². The molecule has 4 aliphatic heterocycles. The van der Waals surface area contributed by atoms with Gasteiger partial charge in [-0.25, -0.2) is 9.78 Å². The highest BCUT2D eigenvalue weighted by Crippen LogP contribution is 2.60. The van der Waals surface area contributed by atoms with Gasteiger partial charge < -0.3 is 14.2 Å². The fourth-order valence-corrected chi connectivity index (χ4v) is 6.49. The normalized spacial score (nSPS) is 42.6. The summed E-state index contributed by atoms with van der Waals surface area (Å²) in [5.41, 5.74) is -0.501. The van der Waals surface area contributed by atoms with Gasteiger partial charge in [-0.15, -0.1) is 0 Å². The van der Waals surface area contributed by atoms with Crippen molar-refractivity contribution in [3.8, 4) is 0 Å². The molecule has 5 aliphatic rings. The summed E-state index contributed by atoms with van der Waals surface area (Å²) in [6.07, 6.45) is -0.159. The van der Waals surface area contributed by atoms with Crippen LogP contribution in [-0.4, -0.2) is 30.4 Å². The summed E-state index contributed by atoms with van der Waals surface area (Å²) in [6.45, 7) is 7.15. The van der Waals surface area contributed by atoms with Crippen molar-refractivity contribution in [1.82, 2.24) is 0 Å². The van der Waals surface area contributed by atoms with Crippen molar-refractivity contribution in [3.05, 3.63) is 35.4 Å². The van der Waals surface area contributed by atoms with Gasteiger partial charge in [-0.2, -0.15) is 13.2 Å². The Morgan fingerprint density at radius 3 is 2.52 bits per heavy atom. The van der Waals surface area contributed by atoms with Crippen LogP contribution in [0.25, 0.3) is 0 Å². The van der Waals surface area contributed by atoms with Gasteiger partial charge in [0.15, 0.2) is 11.9 Å². The summed E-state index contributed by atoms with van der Waals surface area (Å²) in [5, 5.41) is 0. The average Bonchev–Trinajstić information content (AvgIpc) is 3.00. The van der Waals surface area contributed by atoms with Crippen LogP contribution in [-0.2, 0) is 36.8 Å². The molecule has 1 spiro atoms. The Kier molecular flexibility index (Phi) is 6.05. The highest BCUT2D eigenvalue weighted by atomic mass is 19.4. The van der Waals surface area contributed by atoms with Crippen LogP contribution in [0.2, 0.25) is 0 Å². The van der Waals surface area contributed by atoms with Gasteiger partial charge in [0.2, 0.25) is 5.79 Å². The minimum absolute atomic E-state index is 0.0427. The van der Waals surface area contributed by atoms with Gasteiger partial charge in [-0.1, -0.05) is 26.0 Å². The minimum atomic E-state index is -4.33. The quantitative estimate of drug-likeness (QED) is 0.398. The van der Waals surface area contributed by atoms with Crippen LogP contribution < -0.4 is 0 Å². The predicted molar refractivity (Wildman–Crippen MR) is 113 cm³/mol. The number of hydrogen-bond donors (Lipinski definition) is 0. The molecular formula is C25H33F3O5. The van der Waals surface area contributed by atoms with Crippen molar-refractivity contribution in [2.75, 3.05) is 6.61 Å². The molecule has 184 valence electrons. The zero-order chi connectivity index (χ0) is 23.4. The third-order valence-corrected chi connectivity index (χ3v) is 8.39. The van der Waals surface area contributed by atoms with E-state index in [0.29, 0.717) is 30.4 Å². The maximum absolute atomic E-state index is 12.7. The van der Waals surface area contributed by atoms with Crippen LogP contribution in [0.3, 0.4) is 0 Å². The summed E-state index contributed by atoms with van der Waals surface area (Å²) >= 11 is 0. The van der Waals surface area contributed by atoms with Crippen molar-refractivity contribution < 1.29 is 37.2 Å². The molecule has 0 radical (unpaired) electrons. The summed E-state index contributed by atoms with van der Waals surface area (Å²) in [6, 6.07) is 5.10. The highest BCUT2D eigenvalue weighted by molar-refractivity contribution is 5.24. The first-order chi connectivity index (χ1) is 15.6. The molecule has 1 saturated carbocycles. The van der Waals surface area contributed by atoms with E-state index in [-0.39, 0.29) is 24.5 Å². The van der Waals surface area contributed by atoms with Gasteiger partial charge in [0.25, 0.3) is 0 Å². The van der Waals surface area contributed by atoms with Crippen molar-refractivity contribution >= 4 is 0 Å². The molecule has 1 aliphatic carbocycles. The molecule has 0 aromatic heterocycles. The first-order valence-electron chi connectivity index (χ1n) is 12.1. The lowest BCUT2D eigenvalue weighted by Gasteiger charge is -2.60. The number of benzene rings is 1. The van der Waals surface area contributed by atoms with E-state index in [9.17, 15) is 13.2 Å². The average molecular weight is 471 g/mol. The van der Waals surface area contributed by atoms with Crippen LogP contribution in [0.5, 0.6) is 0 Å². The first kappa shape index (κ1) is 23.5. The molecular weight excluding hydrogens is 437 g/mol. The second kappa shape index (κ2) is 8.48. The summed E-state index contributed by atoms with van der Waals surface area (Å²) in [5.74, 6) is 0.600. The van der Waals surface area contributed by atoms with E-state index in [2.05, 4.69) is 13.8 Å².